The Morgan fingerprint density at radius 2 is 1.83 bits per heavy atom. The van der Waals surface area contributed by atoms with E-state index in [9.17, 15) is 0 Å². The predicted octanol–water partition coefficient (Wildman–Crippen LogP) is 3.75. The highest BCUT2D eigenvalue weighted by atomic mass is 127. The zero-order chi connectivity index (χ0) is 16.1. The van der Waals surface area contributed by atoms with Crippen LogP contribution in [0.5, 0.6) is 0 Å². The van der Waals surface area contributed by atoms with Crippen molar-refractivity contribution < 1.29 is 4.74 Å². The zero-order valence-electron chi connectivity index (χ0n) is 14.0. The monoisotopic (exact) mass is 438 g/mol. The van der Waals surface area contributed by atoms with Gasteiger partial charge in [-0.1, -0.05) is 23.8 Å². The van der Waals surface area contributed by atoms with Gasteiger partial charge in [-0.15, -0.1) is 24.0 Å². The molecule has 2 aromatic rings. The summed E-state index contributed by atoms with van der Waals surface area (Å²) in [5.74, 6) is 1.56. The Morgan fingerprint density at radius 3 is 2.50 bits per heavy atom. The normalized spacial score (nSPS) is 14.9. The Hall–Kier alpha value is -1.67. The van der Waals surface area contributed by atoms with Crippen molar-refractivity contribution in [3.05, 3.63) is 53.7 Å². The van der Waals surface area contributed by atoms with Crippen LogP contribution in [-0.2, 0) is 4.74 Å². The fourth-order valence-electron chi connectivity index (χ4n) is 2.41. The van der Waals surface area contributed by atoms with Crippen LogP contribution >= 0.6 is 24.0 Å². The number of hydrogen-bond acceptors (Lipinski definition) is 3. The molecule has 0 spiro atoms. The summed E-state index contributed by atoms with van der Waals surface area (Å²) in [6.07, 6.45) is 1.77. The van der Waals surface area contributed by atoms with Gasteiger partial charge < -0.3 is 15.0 Å². The quantitative estimate of drug-likeness (QED) is 0.441. The molecule has 0 radical (unpaired) electrons. The van der Waals surface area contributed by atoms with Gasteiger partial charge in [-0.2, -0.15) is 4.99 Å². The number of nitrogens with zero attached hydrogens (tertiary/aromatic N) is 3. The lowest BCUT2D eigenvalue weighted by molar-refractivity contribution is 0.0680. The summed E-state index contributed by atoms with van der Waals surface area (Å²) in [7, 11) is 0. The van der Waals surface area contributed by atoms with Crippen molar-refractivity contribution in [1.82, 2.24) is 9.88 Å². The number of ether oxygens (including phenoxy) is 1. The largest absolute Gasteiger partial charge is 0.378 e. The average Bonchev–Trinajstić information content (AvgIpc) is 2.59. The highest BCUT2D eigenvalue weighted by molar-refractivity contribution is 14.0. The van der Waals surface area contributed by atoms with Crippen molar-refractivity contribution in [2.24, 2.45) is 4.99 Å². The molecule has 0 aliphatic carbocycles. The Bertz CT molecular complexity index is 682. The van der Waals surface area contributed by atoms with Gasteiger partial charge in [-0.3, -0.25) is 0 Å². The molecule has 3 rings (SSSR count). The third-order valence-electron chi connectivity index (χ3n) is 3.81. The molecule has 1 saturated heterocycles. The van der Waals surface area contributed by atoms with Crippen LogP contribution in [0.2, 0.25) is 0 Å². The number of anilines is 1. The number of nitrogens with one attached hydrogen (secondary N) is 1. The fourth-order valence-corrected chi connectivity index (χ4v) is 2.41. The number of aliphatic imine (C=N–C) groups is 1. The Labute approximate surface area is 160 Å². The molecule has 128 valence electrons. The van der Waals surface area contributed by atoms with Crippen LogP contribution in [0, 0.1) is 13.8 Å². The molecule has 24 heavy (non-hydrogen) atoms. The maximum Gasteiger partial charge on any atom is 0.205 e. The SMILES string of the molecule is Cc1ccc(NC(=Nc2ncccc2C)N2CCOCC2)cc1.I. The molecule has 1 aromatic carbocycles. The van der Waals surface area contributed by atoms with E-state index in [0.29, 0.717) is 0 Å². The van der Waals surface area contributed by atoms with Gasteiger partial charge in [0.05, 0.1) is 13.2 Å². The van der Waals surface area contributed by atoms with E-state index in [-0.39, 0.29) is 24.0 Å². The van der Waals surface area contributed by atoms with Crippen molar-refractivity contribution in [3.63, 3.8) is 0 Å². The lowest BCUT2D eigenvalue weighted by Crippen LogP contribution is -2.44. The molecular weight excluding hydrogens is 415 g/mol. The molecule has 6 heteroatoms. The summed E-state index contributed by atoms with van der Waals surface area (Å²) in [5, 5.41) is 3.43. The standard InChI is InChI=1S/C18H22N4O.HI/c1-14-5-7-16(8-6-14)20-18(22-10-12-23-13-11-22)21-17-15(2)4-3-9-19-17;/h3-9H,10-13H2,1-2H3,(H,19,20,21);1H. The molecule has 1 fully saturated rings. The minimum atomic E-state index is 0. The first kappa shape index (κ1) is 18.7. The molecule has 2 heterocycles. The van der Waals surface area contributed by atoms with Crippen molar-refractivity contribution in [2.45, 2.75) is 13.8 Å². The van der Waals surface area contributed by atoms with Gasteiger partial charge in [0.1, 0.15) is 0 Å². The highest BCUT2D eigenvalue weighted by Crippen LogP contribution is 2.17. The van der Waals surface area contributed by atoms with E-state index in [1.807, 2.05) is 19.1 Å². The minimum Gasteiger partial charge on any atom is -0.378 e. The van der Waals surface area contributed by atoms with Gasteiger partial charge in [0.2, 0.25) is 5.96 Å². The summed E-state index contributed by atoms with van der Waals surface area (Å²) in [6.45, 7) is 7.19. The second-order valence-electron chi connectivity index (χ2n) is 5.67. The van der Waals surface area contributed by atoms with Crippen LogP contribution < -0.4 is 5.32 Å². The first-order chi connectivity index (χ1) is 11.2. The van der Waals surface area contributed by atoms with E-state index >= 15 is 0 Å². The van der Waals surface area contributed by atoms with Crippen molar-refractivity contribution in [1.29, 1.82) is 0 Å². The number of aryl methyl sites for hydroxylation is 2. The number of halogens is 1. The lowest BCUT2D eigenvalue weighted by Gasteiger charge is -2.30. The molecule has 0 unspecified atom stereocenters. The molecular formula is C18H23IN4O. The third-order valence-corrected chi connectivity index (χ3v) is 3.81. The van der Waals surface area contributed by atoms with E-state index in [1.54, 1.807) is 6.20 Å². The number of guanidine groups is 1. The topological polar surface area (TPSA) is 49.8 Å². The molecule has 0 atom stereocenters. The summed E-state index contributed by atoms with van der Waals surface area (Å²) < 4.78 is 5.45. The summed E-state index contributed by atoms with van der Waals surface area (Å²) >= 11 is 0. The molecule has 0 bridgehead atoms. The number of benzene rings is 1. The maximum atomic E-state index is 5.45. The van der Waals surface area contributed by atoms with Gasteiger partial charge in [-0.05, 0) is 37.6 Å². The van der Waals surface area contributed by atoms with Gasteiger partial charge in [0.25, 0.3) is 0 Å². The summed E-state index contributed by atoms with van der Waals surface area (Å²) in [6, 6.07) is 12.3. The van der Waals surface area contributed by atoms with Crippen LogP contribution in [0.25, 0.3) is 0 Å². The third kappa shape index (κ3) is 4.91. The molecule has 0 saturated carbocycles. The first-order valence-electron chi connectivity index (χ1n) is 7.89. The average molecular weight is 438 g/mol. The van der Waals surface area contributed by atoms with Gasteiger partial charge in [-0.25, -0.2) is 4.98 Å². The Kier molecular flexibility index (Phi) is 6.99. The molecule has 1 aliphatic rings. The van der Waals surface area contributed by atoms with Crippen LogP contribution in [0.3, 0.4) is 0 Å². The van der Waals surface area contributed by atoms with E-state index in [2.05, 4.69) is 46.4 Å². The predicted molar refractivity (Wildman–Crippen MR) is 109 cm³/mol. The summed E-state index contributed by atoms with van der Waals surface area (Å²) in [5.41, 5.74) is 3.32. The number of morpholine rings is 1. The Morgan fingerprint density at radius 1 is 1.12 bits per heavy atom. The van der Waals surface area contributed by atoms with E-state index < -0.39 is 0 Å². The van der Waals surface area contributed by atoms with Gasteiger partial charge in [0.15, 0.2) is 5.82 Å². The van der Waals surface area contributed by atoms with E-state index in [0.717, 1.165) is 49.3 Å². The molecule has 0 amide bonds. The van der Waals surface area contributed by atoms with Crippen LogP contribution in [0.4, 0.5) is 11.5 Å². The van der Waals surface area contributed by atoms with Crippen LogP contribution in [0.15, 0.2) is 47.6 Å². The smallest absolute Gasteiger partial charge is 0.205 e. The van der Waals surface area contributed by atoms with Crippen molar-refractivity contribution in [2.75, 3.05) is 31.6 Å². The molecule has 1 aliphatic heterocycles. The van der Waals surface area contributed by atoms with Gasteiger partial charge >= 0.3 is 0 Å². The molecule has 1 aromatic heterocycles. The van der Waals surface area contributed by atoms with Crippen molar-refractivity contribution >= 4 is 41.4 Å². The van der Waals surface area contributed by atoms with E-state index in [1.165, 1.54) is 5.56 Å². The number of hydrogen-bond donors (Lipinski definition) is 1. The zero-order valence-corrected chi connectivity index (χ0v) is 16.4. The molecule has 5 nitrogen and oxygen atoms in total. The van der Waals surface area contributed by atoms with Crippen LogP contribution in [0.1, 0.15) is 11.1 Å². The van der Waals surface area contributed by atoms with Crippen molar-refractivity contribution in [3.8, 4) is 0 Å². The minimum absolute atomic E-state index is 0. The Balaban J connectivity index is 0.00000208. The number of aromatic nitrogens is 1. The fraction of sp³-hybridized carbons (Fsp3) is 0.333. The maximum absolute atomic E-state index is 5.45. The highest BCUT2D eigenvalue weighted by Gasteiger charge is 2.16. The first-order valence-corrected chi connectivity index (χ1v) is 7.89. The summed E-state index contributed by atoms with van der Waals surface area (Å²) in [4.78, 5) is 11.4. The number of pyridine rings is 1. The lowest BCUT2D eigenvalue weighted by atomic mass is 10.2. The molecule has 1 N–H and O–H groups in total. The second-order valence-corrected chi connectivity index (χ2v) is 5.67. The second kappa shape index (κ2) is 8.98. The van der Waals surface area contributed by atoms with E-state index in [4.69, 9.17) is 9.73 Å². The number of rotatable bonds is 2. The van der Waals surface area contributed by atoms with Crippen LogP contribution in [-0.4, -0.2) is 42.1 Å². The van der Waals surface area contributed by atoms with Gasteiger partial charge in [0, 0.05) is 25.0 Å².